The number of rotatable bonds is 3. The molecule has 0 aliphatic heterocycles. The Kier molecular flexibility index (Phi) is 4.09. The highest BCUT2D eigenvalue weighted by Crippen LogP contribution is 2.44. The average molecular weight is 385 g/mol. The summed E-state index contributed by atoms with van der Waals surface area (Å²) in [6.45, 7) is 0.170. The Labute approximate surface area is 168 Å². The molecule has 2 N–H and O–H groups in total. The molecule has 0 spiro atoms. The van der Waals surface area contributed by atoms with Crippen molar-refractivity contribution in [2.45, 2.75) is 18.8 Å². The molecule has 2 aliphatic rings. The largest absolute Gasteiger partial charge is 0.506 e. The second-order valence-corrected chi connectivity index (χ2v) is 7.37. The fraction of sp³-hybridized carbons (Fsp3) is 0.167. The highest BCUT2D eigenvalue weighted by Gasteiger charge is 2.30. The molecule has 0 saturated heterocycles. The molecule has 144 valence electrons. The normalized spacial score (nSPS) is 14.3. The molecule has 0 radical (unpaired) electrons. The SMILES string of the molecule is O=C(Nc1c(O)ccc2c1C(=O)CC2)OCC1c2ccccc2-c2ccccc21. The van der Waals surface area contributed by atoms with E-state index >= 15 is 0 Å². The number of phenols is 1. The number of aromatic hydroxyl groups is 1. The van der Waals surface area contributed by atoms with E-state index in [-0.39, 0.29) is 29.7 Å². The summed E-state index contributed by atoms with van der Waals surface area (Å²) in [6, 6.07) is 19.4. The number of carbonyl (C=O) groups excluding carboxylic acids is 2. The van der Waals surface area contributed by atoms with E-state index in [9.17, 15) is 14.7 Å². The van der Waals surface area contributed by atoms with Crippen molar-refractivity contribution in [3.05, 3.63) is 82.9 Å². The Bertz CT molecular complexity index is 1110. The van der Waals surface area contributed by atoms with Gasteiger partial charge in [0, 0.05) is 17.9 Å². The Morgan fingerprint density at radius 2 is 1.62 bits per heavy atom. The molecule has 0 fully saturated rings. The lowest BCUT2D eigenvalue weighted by molar-refractivity contribution is 0.0995. The van der Waals surface area contributed by atoms with Crippen LogP contribution in [0.2, 0.25) is 0 Å². The van der Waals surface area contributed by atoms with Gasteiger partial charge in [-0.2, -0.15) is 0 Å². The van der Waals surface area contributed by atoms with Crippen LogP contribution < -0.4 is 5.32 Å². The van der Waals surface area contributed by atoms with Crippen molar-refractivity contribution in [1.82, 2.24) is 0 Å². The van der Waals surface area contributed by atoms with Crippen molar-refractivity contribution >= 4 is 17.6 Å². The molecule has 0 aromatic heterocycles. The molecule has 5 rings (SSSR count). The van der Waals surface area contributed by atoms with Crippen molar-refractivity contribution in [1.29, 1.82) is 0 Å². The third-order valence-electron chi connectivity index (χ3n) is 5.74. The molecule has 0 saturated carbocycles. The van der Waals surface area contributed by atoms with Gasteiger partial charge in [-0.15, -0.1) is 0 Å². The van der Waals surface area contributed by atoms with Crippen LogP contribution in [0.3, 0.4) is 0 Å². The van der Waals surface area contributed by atoms with Gasteiger partial charge in [-0.1, -0.05) is 54.6 Å². The Balaban J connectivity index is 1.37. The smallest absolute Gasteiger partial charge is 0.411 e. The van der Waals surface area contributed by atoms with Crippen molar-refractivity contribution in [3.8, 4) is 16.9 Å². The van der Waals surface area contributed by atoms with Crippen LogP contribution in [-0.2, 0) is 11.2 Å². The summed E-state index contributed by atoms with van der Waals surface area (Å²) in [5.74, 6) is -0.262. The molecule has 1 amide bonds. The molecular weight excluding hydrogens is 366 g/mol. The lowest BCUT2D eigenvalue weighted by Crippen LogP contribution is -2.19. The van der Waals surface area contributed by atoms with Gasteiger partial charge < -0.3 is 9.84 Å². The van der Waals surface area contributed by atoms with Gasteiger partial charge in [0.15, 0.2) is 5.78 Å². The zero-order valence-corrected chi connectivity index (χ0v) is 15.6. The maximum atomic E-state index is 12.5. The van der Waals surface area contributed by atoms with E-state index in [0.717, 1.165) is 27.8 Å². The fourth-order valence-corrected chi connectivity index (χ4v) is 4.40. The number of amides is 1. The summed E-state index contributed by atoms with van der Waals surface area (Å²) in [5, 5.41) is 12.7. The van der Waals surface area contributed by atoms with Gasteiger partial charge in [0.1, 0.15) is 12.4 Å². The molecule has 5 nitrogen and oxygen atoms in total. The summed E-state index contributed by atoms with van der Waals surface area (Å²) in [7, 11) is 0. The zero-order valence-electron chi connectivity index (χ0n) is 15.6. The number of aryl methyl sites for hydroxylation is 1. The standard InChI is InChI=1S/C24H19NO4/c26-20-11-9-14-10-12-21(27)23(22(14)20)25-24(28)29-13-19-17-7-3-1-5-15(17)16-6-2-4-8-18(16)19/h1-8,10,12,19,27H,9,11,13H2,(H,25,28). The van der Waals surface area contributed by atoms with Crippen molar-refractivity contribution < 1.29 is 19.4 Å². The predicted octanol–water partition coefficient (Wildman–Crippen LogP) is 4.88. The van der Waals surface area contributed by atoms with Gasteiger partial charge >= 0.3 is 6.09 Å². The first-order valence-corrected chi connectivity index (χ1v) is 9.63. The molecule has 0 heterocycles. The van der Waals surface area contributed by atoms with E-state index in [0.29, 0.717) is 18.4 Å². The fourth-order valence-electron chi connectivity index (χ4n) is 4.40. The number of carbonyl (C=O) groups is 2. The maximum absolute atomic E-state index is 12.5. The monoisotopic (exact) mass is 385 g/mol. The summed E-state index contributed by atoms with van der Waals surface area (Å²) in [5.41, 5.74) is 5.92. The molecular formula is C24H19NO4. The highest BCUT2D eigenvalue weighted by atomic mass is 16.5. The number of Topliss-reactive ketones (excluding diaryl/α,β-unsaturated/α-hetero) is 1. The van der Waals surface area contributed by atoms with Crippen LogP contribution in [0.15, 0.2) is 60.7 Å². The van der Waals surface area contributed by atoms with E-state index in [1.807, 2.05) is 24.3 Å². The zero-order chi connectivity index (χ0) is 20.0. The first-order chi connectivity index (χ1) is 14.1. The highest BCUT2D eigenvalue weighted by molar-refractivity contribution is 6.08. The minimum atomic E-state index is -0.685. The predicted molar refractivity (Wildman–Crippen MR) is 109 cm³/mol. The molecule has 29 heavy (non-hydrogen) atoms. The van der Waals surface area contributed by atoms with E-state index < -0.39 is 6.09 Å². The van der Waals surface area contributed by atoms with Crippen LogP contribution >= 0.6 is 0 Å². The first-order valence-electron chi connectivity index (χ1n) is 9.63. The minimum Gasteiger partial charge on any atom is -0.506 e. The number of hydrogen-bond donors (Lipinski definition) is 2. The second-order valence-electron chi connectivity index (χ2n) is 7.37. The number of hydrogen-bond acceptors (Lipinski definition) is 4. The summed E-state index contributed by atoms with van der Waals surface area (Å²) in [4.78, 5) is 24.7. The van der Waals surface area contributed by atoms with Crippen molar-refractivity contribution in [2.75, 3.05) is 11.9 Å². The number of anilines is 1. The number of ketones is 1. The third-order valence-corrected chi connectivity index (χ3v) is 5.74. The number of nitrogens with one attached hydrogen (secondary N) is 1. The van der Waals surface area contributed by atoms with Gasteiger partial charge in [0.2, 0.25) is 0 Å². The van der Waals surface area contributed by atoms with Crippen LogP contribution in [0.4, 0.5) is 10.5 Å². The molecule has 5 heteroatoms. The van der Waals surface area contributed by atoms with E-state index in [1.165, 1.54) is 6.07 Å². The lowest BCUT2D eigenvalue weighted by Gasteiger charge is -2.16. The summed E-state index contributed by atoms with van der Waals surface area (Å²) >= 11 is 0. The van der Waals surface area contributed by atoms with Crippen LogP contribution in [-0.4, -0.2) is 23.6 Å². The minimum absolute atomic E-state index is 0.0510. The Morgan fingerprint density at radius 3 is 2.31 bits per heavy atom. The topological polar surface area (TPSA) is 75.6 Å². The molecule has 3 aromatic carbocycles. The maximum Gasteiger partial charge on any atom is 0.411 e. The lowest BCUT2D eigenvalue weighted by atomic mass is 9.98. The van der Waals surface area contributed by atoms with Gasteiger partial charge in [0.05, 0.1) is 5.69 Å². The Morgan fingerprint density at radius 1 is 0.966 bits per heavy atom. The van der Waals surface area contributed by atoms with E-state index in [2.05, 4.69) is 29.6 Å². The van der Waals surface area contributed by atoms with Crippen molar-refractivity contribution in [3.63, 3.8) is 0 Å². The number of benzene rings is 3. The second kappa shape index (κ2) is 6.78. The van der Waals surface area contributed by atoms with Gasteiger partial charge in [-0.25, -0.2) is 4.79 Å². The quantitative estimate of drug-likeness (QED) is 0.630. The molecule has 0 bridgehead atoms. The van der Waals surface area contributed by atoms with Gasteiger partial charge in [0.25, 0.3) is 0 Å². The van der Waals surface area contributed by atoms with Gasteiger partial charge in [-0.3, -0.25) is 10.1 Å². The summed E-state index contributed by atoms with van der Waals surface area (Å²) < 4.78 is 5.52. The summed E-state index contributed by atoms with van der Waals surface area (Å²) in [6.07, 6.45) is 0.321. The van der Waals surface area contributed by atoms with Crippen LogP contribution in [0, 0.1) is 0 Å². The van der Waals surface area contributed by atoms with E-state index in [4.69, 9.17) is 4.74 Å². The molecule has 2 aliphatic carbocycles. The van der Waals surface area contributed by atoms with Crippen LogP contribution in [0.1, 0.15) is 39.4 Å². The number of phenolic OH excluding ortho intramolecular Hbond substituents is 1. The third kappa shape index (κ3) is 2.86. The van der Waals surface area contributed by atoms with Crippen molar-refractivity contribution in [2.24, 2.45) is 0 Å². The Hall–Kier alpha value is -3.60. The van der Waals surface area contributed by atoms with Gasteiger partial charge in [-0.05, 0) is 40.3 Å². The number of ether oxygens (including phenoxy) is 1. The average Bonchev–Trinajstić information content (AvgIpc) is 3.27. The van der Waals surface area contributed by atoms with Crippen LogP contribution in [0.5, 0.6) is 5.75 Å². The van der Waals surface area contributed by atoms with Crippen LogP contribution in [0.25, 0.3) is 11.1 Å². The van der Waals surface area contributed by atoms with E-state index in [1.54, 1.807) is 6.07 Å². The first kappa shape index (κ1) is 17.5. The number of fused-ring (bicyclic) bond motifs is 4. The molecule has 3 aromatic rings. The molecule has 0 unspecified atom stereocenters. The molecule has 0 atom stereocenters.